The molecule has 0 aliphatic rings. The number of anilines is 2. The lowest BCUT2D eigenvalue weighted by atomic mass is 10.5. The Balaban J connectivity index is 2.27. The van der Waals surface area contributed by atoms with Crippen molar-refractivity contribution in [2.24, 2.45) is 5.84 Å². The topological polar surface area (TPSA) is 106 Å². The van der Waals surface area contributed by atoms with Crippen LogP contribution < -0.4 is 16.2 Å². The van der Waals surface area contributed by atoms with E-state index in [0.717, 1.165) is 21.8 Å². The molecule has 2 rings (SSSR count). The van der Waals surface area contributed by atoms with Crippen LogP contribution in [0.5, 0.6) is 0 Å². The van der Waals surface area contributed by atoms with Crippen molar-refractivity contribution < 1.29 is 0 Å². The second-order valence-electron chi connectivity index (χ2n) is 3.70. The van der Waals surface area contributed by atoms with Crippen LogP contribution in [0.2, 0.25) is 0 Å². The van der Waals surface area contributed by atoms with Crippen molar-refractivity contribution in [3.05, 3.63) is 0 Å². The van der Waals surface area contributed by atoms with Crippen LogP contribution in [-0.2, 0) is 0 Å². The van der Waals surface area contributed by atoms with Crippen molar-refractivity contribution in [2.75, 3.05) is 29.7 Å². The zero-order valence-corrected chi connectivity index (χ0v) is 14.3. The quantitative estimate of drug-likeness (QED) is 0.438. The van der Waals surface area contributed by atoms with Gasteiger partial charge in [0.05, 0.1) is 0 Å². The molecule has 11 heteroatoms. The fraction of sp³-hybridized carbons (Fsp3) is 0.500. The summed E-state index contributed by atoms with van der Waals surface area (Å²) in [5, 5.41) is 8.69. The summed E-state index contributed by atoms with van der Waals surface area (Å²) in [4.78, 5) is 15.0. The van der Waals surface area contributed by atoms with Gasteiger partial charge >= 0.3 is 0 Å². The van der Waals surface area contributed by atoms with Crippen LogP contribution in [-0.4, -0.2) is 44.5 Å². The van der Waals surface area contributed by atoms with Gasteiger partial charge in [0.25, 0.3) is 0 Å². The Morgan fingerprint density at radius 1 is 1.14 bits per heavy atom. The molecule has 2 aromatic heterocycles. The van der Waals surface area contributed by atoms with Gasteiger partial charge in [0, 0.05) is 13.1 Å². The van der Waals surface area contributed by atoms with Gasteiger partial charge in [0.1, 0.15) is 0 Å². The highest BCUT2D eigenvalue weighted by molar-refractivity contribution is 8.02. The Labute approximate surface area is 135 Å². The lowest BCUT2D eigenvalue weighted by Gasteiger charge is -2.18. The lowest BCUT2D eigenvalue weighted by Crippen LogP contribution is -2.25. The maximum Gasteiger partial charge on any atom is 0.242 e. The molecule has 0 aliphatic heterocycles. The highest BCUT2D eigenvalue weighted by Crippen LogP contribution is 2.31. The molecule has 0 unspecified atom stereocenters. The molecule has 0 atom stereocenters. The van der Waals surface area contributed by atoms with E-state index in [1.165, 1.54) is 23.1 Å². The largest absolute Gasteiger partial charge is 0.341 e. The van der Waals surface area contributed by atoms with Gasteiger partial charge in [0.2, 0.25) is 17.1 Å². The molecule has 8 nitrogen and oxygen atoms in total. The second-order valence-corrected chi connectivity index (χ2v) is 6.94. The van der Waals surface area contributed by atoms with Gasteiger partial charge in [-0.1, -0.05) is 23.1 Å². The Bertz CT molecular complexity index is 585. The summed E-state index contributed by atoms with van der Waals surface area (Å²) in [5.41, 5.74) is 2.47. The molecule has 0 spiro atoms. The van der Waals surface area contributed by atoms with Crippen LogP contribution in [0, 0.1) is 0 Å². The van der Waals surface area contributed by atoms with Gasteiger partial charge in [-0.05, 0) is 31.9 Å². The summed E-state index contributed by atoms with van der Waals surface area (Å²) < 4.78 is 1.70. The van der Waals surface area contributed by atoms with Crippen molar-refractivity contribution in [1.82, 2.24) is 25.1 Å². The molecular formula is C10H16N8S3. The van der Waals surface area contributed by atoms with Crippen molar-refractivity contribution in [1.29, 1.82) is 0 Å². The molecule has 114 valence electrons. The van der Waals surface area contributed by atoms with Crippen LogP contribution >= 0.6 is 34.9 Å². The minimum atomic E-state index is 0.337. The first-order valence-corrected chi connectivity index (χ1v) is 9.08. The minimum Gasteiger partial charge on any atom is -0.341 e. The summed E-state index contributed by atoms with van der Waals surface area (Å²) >= 11 is 4.42. The Morgan fingerprint density at radius 3 is 2.43 bits per heavy atom. The molecule has 0 aromatic carbocycles. The molecule has 0 amide bonds. The maximum atomic E-state index is 5.43. The third-order valence-electron chi connectivity index (χ3n) is 2.52. The summed E-state index contributed by atoms with van der Waals surface area (Å²) in [6, 6.07) is 0. The van der Waals surface area contributed by atoms with E-state index in [4.69, 9.17) is 5.84 Å². The van der Waals surface area contributed by atoms with Crippen LogP contribution in [0.25, 0.3) is 0 Å². The molecular weight excluding hydrogens is 328 g/mol. The first-order valence-electron chi connectivity index (χ1n) is 6.23. The van der Waals surface area contributed by atoms with Gasteiger partial charge in [-0.15, -0.1) is 10.2 Å². The van der Waals surface area contributed by atoms with E-state index in [0.29, 0.717) is 17.1 Å². The number of nitrogens with two attached hydrogens (primary N) is 1. The molecule has 0 saturated carbocycles. The molecule has 2 heterocycles. The molecule has 3 N–H and O–H groups in total. The van der Waals surface area contributed by atoms with E-state index in [1.54, 1.807) is 11.8 Å². The molecule has 0 fully saturated rings. The van der Waals surface area contributed by atoms with Crippen molar-refractivity contribution in [3.8, 4) is 0 Å². The number of thioether (sulfide) groups is 1. The first kappa shape index (κ1) is 16.2. The highest BCUT2D eigenvalue weighted by atomic mass is 32.2. The van der Waals surface area contributed by atoms with Crippen molar-refractivity contribution >= 4 is 46.8 Å². The monoisotopic (exact) mass is 344 g/mol. The number of hydrogen-bond donors (Lipinski definition) is 2. The van der Waals surface area contributed by atoms with Crippen LogP contribution in [0.3, 0.4) is 0 Å². The van der Waals surface area contributed by atoms with Gasteiger partial charge in [-0.25, -0.2) is 5.84 Å². The van der Waals surface area contributed by atoms with Gasteiger partial charge in [-0.3, -0.25) is 5.43 Å². The highest BCUT2D eigenvalue weighted by Gasteiger charge is 2.13. The van der Waals surface area contributed by atoms with Gasteiger partial charge in [-0.2, -0.15) is 15.0 Å². The summed E-state index contributed by atoms with van der Waals surface area (Å²) in [7, 11) is 0. The number of aromatic nitrogens is 5. The average molecular weight is 344 g/mol. The zero-order chi connectivity index (χ0) is 15.2. The van der Waals surface area contributed by atoms with Gasteiger partial charge in [0.15, 0.2) is 8.68 Å². The fourth-order valence-corrected chi connectivity index (χ4v) is 3.79. The lowest BCUT2D eigenvalue weighted by molar-refractivity contribution is 0.783. The summed E-state index contributed by atoms with van der Waals surface area (Å²) in [6.07, 6.45) is 1.97. The predicted molar refractivity (Wildman–Crippen MR) is 87.0 cm³/mol. The van der Waals surface area contributed by atoms with E-state index in [2.05, 4.69) is 30.6 Å². The average Bonchev–Trinajstić information content (AvgIpc) is 2.96. The zero-order valence-electron chi connectivity index (χ0n) is 11.9. The van der Waals surface area contributed by atoms with E-state index < -0.39 is 0 Å². The summed E-state index contributed by atoms with van der Waals surface area (Å²) in [5.74, 6) is 6.36. The van der Waals surface area contributed by atoms with Crippen LogP contribution in [0.15, 0.2) is 13.8 Å². The number of nitrogens with zero attached hydrogens (tertiary/aromatic N) is 6. The minimum absolute atomic E-state index is 0.337. The normalized spacial score (nSPS) is 10.7. The van der Waals surface area contributed by atoms with Crippen molar-refractivity contribution in [3.63, 3.8) is 0 Å². The molecule has 0 aliphatic carbocycles. The molecule has 0 radical (unpaired) electrons. The van der Waals surface area contributed by atoms with Crippen molar-refractivity contribution in [2.45, 2.75) is 27.7 Å². The number of rotatable bonds is 7. The van der Waals surface area contributed by atoms with E-state index in [9.17, 15) is 0 Å². The number of nitrogen functional groups attached to an aromatic ring is 1. The number of nitrogens with one attached hydrogen (secondary N) is 1. The predicted octanol–water partition coefficient (Wildman–Crippen LogP) is 1.73. The van der Waals surface area contributed by atoms with E-state index in [1.807, 2.05) is 25.0 Å². The smallest absolute Gasteiger partial charge is 0.242 e. The Hall–Kier alpha value is -1.17. The van der Waals surface area contributed by atoms with Crippen LogP contribution in [0.1, 0.15) is 13.8 Å². The van der Waals surface area contributed by atoms with Crippen LogP contribution in [0.4, 0.5) is 11.9 Å². The van der Waals surface area contributed by atoms with E-state index >= 15 is 0 Å². The molecule has 0 saturated heterocycles. The second kappa shape index (κ2) is 7.73. The Morgan fingerprint density at radius 2 is 1.86 bits per heavy atom. The third kappa shape index (κ3) is 4.15. The third-order valence-corrected chi connectivity index (χ3v) is 5.33. The number of hydrazine groups is 1. The fourth-order valence-electron chi connectivity index (χ4n) is 1.50. The first-order chi connectivity index (χ1) is 10.2. The SMILES string of the molecule is CCN(CC)c1nc(NN)nc(Sc2nnc(SC)s2)n1. The number of hydrogen-bond acceptors (Lipinski definition) is 11. The molecule has 2 aromatic rings. The summed E-state index contributed by atoms with van der Waals surface area (Å²) in [6.45, 7) is 5.71. The maximum absolute atomic E-state index is 5.43. The van der Waals surface area contributed by atoms with E-state index in [-0.39, 0.29) is 0 Å². The molecule has 0 bridgehead atoms. The standard InChI is InChI=1S/C10H16N8S3/c1-4-18(5-2)7-12-6(15-11)13-8(14-7)20-10-17-16-9(19-3)21-10/h4-5,11H2,1-3H3,(H,12,13,14,15). The van der Waals surface area contributed by atoms with Gasteiger partial charge < -0.3 is 4.90 Å². The Kier molecular flexibility index (Phi) is 5.96. The molecule has 21 heavy (non-hydrogen) atoms.